The van der Waals surface area contributed by atoms with Crippen LogP contribution in [0.1, 0.15) is 0 Å². The largest absolute Gasteiger partial charge is 0.368 e. The third-order valence-corrected chi connectivity index (χ3v) is 6.03. The van der Waals surface area contributed by atoms with E-state index in [1.54, 1.807) is 24.3 Å². The first-order valence-corrected chi connectivity index (χ1v) is 9.23. The van der Waals surface area contributed by atoms with Crippen molar-refractivity contribution in [1.82, 2.24) is 0 Å². The predicted octanol–water partition coefficient (Wildman–Crippen LogP) is 3.44. The van der Waals surface area contributed by atoms with E-state index in [-0.39, 0.29) is 20.6 Å². The Kier molecular flexibility index (Phi) is 5.57. The zero-order valence-electron chi connectivity index (χ0n) is 11.5. The van der Waals surface area contributed by atoms with Crippen molar-refractivity contribution in [2.24, 2.45) is 5.73 Å². The van der Waals surface area contributed by atoms with Gasteiger partial charge in [-0.3, -0.25) is 9.10 Å². The van der Waals surface area contributed by atoms with Crippen LogP contribution in [0.2, 0.25) is 10.0 Å². The molecule has 0 spiro atoms. The summed E-state index contributed by atoms with van der Waals surface area (Å²) >= 11 is 15.1. The smallest absolute Gasteiger partial charge is 0.266 e. The van der Waals surface area contributed by atoms with Gasteiger partial charge in [-0.25, -0.2) is 8.42 Å². The molecule has 2 aromatic carbocycles. The quantitative estimate of drug-likeness (QED) is 0.777. The average Bonchev–Trinajstić information content (AvgIpc) is 2.48. The molecule has 0 aliphatic rings. The lowest BCUT2D eigenvalue weighted by Crippen LogP contribution is -2.38. The lowest BCUT2D eigenvalue weighted by Gasteiger charge is -2.24. The second kappa shape index (κ2) is 7.09. The van der Waals surface area contributed by atoms with Crippen LogP contribution in [0.4, 0.5) is 5.69 Å². The highest BCUT2D eigenvalue weighted by Gasteiger charge is 2.29. The highest BCUT2D eigenvalue weighted by molar-refractivity contribution is 9.10. The SMILES string of the molecule is NC(=O)CN(c1ccccc1Br)S(=O)(=O)c1cc(Cl)ccc1Cl. The maximum Gasteiger partial charge on any atom is 0.266 e. The summed E-state index contributed by atoms with van der Waals surface area (Å²) in [5.74, 6) is -0.803. The Morgan fingerprint density at radius 1 is 1.17 bits per heavy atom. The summed E-state index contributed by atoms with van der Waals surface area (Å²) in [7, 11) is -4.14. The van der Waals surface area contributed by atoms with Crippen LogP contribution in [0.15, 0.2) is 51.8 Å². The van der Waals surface area contributed by atoms with E-state index >= 15 is 0 Å². The monoisotopic (exact) mass is 436 g/mol. The van der Waals surface area contributed by atoms with Crippen molar-refractivity contribution in [2.75, 3.05) is 10.8 Å². The fourth-order valence-electron chi connectivity index (χ4n) is 1.89. The molecule has 0 radical (unpaired) electrons. The average molecular weight is 438 g/mol. The number of hydrogen-bond acceptors (Lipinski definition) is 3. The molecule has 0 unspecified atom stereocenters. The topological polar surface area (TPSA) is 80.5 Å². The number of anilines is 1. The molecule has 2 N–H and O–H groups in total. The Hall–Kier alpha value is -1.28. The van der Waals surface area contributed by atoms with Crippen LogP contribution in [0.3, 0.4) is 0 Å². The zero-order chi connectivity index (χ0) is 17.2. The van der Waals surface area contributed by atoms with Gasteiger partial charge in [-0.2, -0.15) is 0 Å². The minimum absolute atomic E-state index is 0.00377. The number of carbonyl (C=O) groups excluding carboxylic acids is 1. The van der Waals surface area contributed by atoms with Gasteiger partial charge >= 0.3 is 0 Å². The molecule has 0 atom stereocenters. The Morgan fingerprint density at radius 3 is 2.43 bits per heavy atom. The first-order chi connectivity index (χ1) is 10.7. The van der Waals surface area contributed by atoms with Gasteiger partial charge in [0, 0.05) is 9.50 Å². The lowest BCUT2D eigenvalue weighted by molar-refractivity contribution is -0.116. The van der Waals surface area contributed by atoms with E-state index in [0.717, 1.165) is 4.31 Å². The number of nitrogens with two attached hydrogens (primary N) is 1. The van der Waals surface area contributed by atoms with Crippen molar-refractivity contribution in [2.45, 2.75) is 4.90 Å². The number of benzene rings is 2. The van der Waals surface area contributed by atoms with Crippen molar-refractivity contribution in [3.63, 3.8) is 0 Å². The fourth-order valence-corrected chi connectivity index (χ4v) is 4.69. The molecule has 2 aromatic rings. The molecule has 0 saturated carbocycles. The molecule has 0 bridgehead atoms. The molecular formula is C14H11BrCl2N2O3S. The normalized spacial score (nSPS) is 11.3. The van der Waals surface area contributed by atoms with E-state index in [9.17, 15) is 13.2 Å². The maximum absolute atomic E-state index is 12.9. The maximum atomic E-state index is 12.9. The van der Waals surface area contributed by atoms with Crippen LogP contribution in [0.25, 0.3) is 0 Å². The second-order valence-corrected chi connectivity index (χ2v) is 8.03. The van der Waals surface area contributed by atoms with Crippen LogP contribution in [-0.4, -0.2) is 20.9 Å². The summed E-state index contributed by atoms with van der Waals surface area (Å²) in [5, 5.41) is 0.204. The van der Waals surface area contributed by atoms with Gasteiger partial charge in [0.15, 0.2) is 0 Å². The third kappa shape index (κ3) is 3.98. The van der Waals surface area contributed by atoms with Gasteiger partial charge in [0.1, 0.15) is 11.4 Å². The predicted molar refractivity (Wildman–Crippen MR) is 94.3 cm³/mol. The van der Waals surface area contributed by atoms with E-state index < -0.39 is 22.5 Å². The van der Waals surface area contributed by atoms with Crippen molar-refractivity contribution in [3.8, 4) is 0 Å². The van der Waals surface area contributed by atoms with Crippen LogP contribution in [0, 0.1) is 0 Å². The second-order valence-electron chi connectivity index (χ2n) is 4.50. The summed E-state index contributed by atoms with van der Waals surface area (Å²) in [6.07, 6.45) is 0. The Morgan fingerprint density at radius 2 is 1.83 bits per heavy atom. The molecule has 2 rings (SSSR count). The molecule has 23 heavy (non-hydrogen) atoms. The highest BCUT2D eigenvalue weighted by Crippen LogP contribution is 2.33. The Bertz CT molecular complexity index is 859. The van der Waals surface area contributed by atoms with Crippen LogP contribution in [0.5, 0.6) is 0 Å². The summed E-state index contributed by atoms with van der Waals surface area (Å²) in [6, 6.07) is 10.6. The van der Waals surface area contributed by atoms with E-state index in [4.69, 9.17) is 28.9 Å². The summed E-state index contributed by atoms with van der Waals surface area (Å²) in [4.78, 5) is 11.2. The zero-order valence-corrected chi connectivity index (χ0v) is 15.5. The number of rotatable bonds is 5. The molecule has 0 aromatic heterocycles. The molecular weight excluding hydrogens is 427 g/mol. The first kappa shape index (κ1) is 18.1. The van der Waals surface area contributed by atoms with Gasteiger partial charge in [-0.15, -0.1) is 0 Å². The minimum atomic E-state index is -4.14. The number of para-hydroxylation sites is 1. The van der Waals surface area contributed by atoms with Gasteiger partial charge in [-0.05, 0) is 46.3 Å². The van der Waals surface area contributed by atoms with Crippen molar-refractivity contribution >= 4 is 60.7 Å². The number of amides is 1. The number of hydrogen-bond donors (Lipinski definition) is 1. The Balaban J connectivity index is 2.65. The Labute approximate surface area is 152 Å². The van der Waals surface area contributed by atoms with Crippen LogP contribution < -0.4 is 10.0 Å². The summed E-state index contributed by atoms with van der Waals surface area (Å²) < 4.78 is 27.3. The van der Waals surface area contributed by atoms with Gasteiger partial charge in [0.25, 0.3) is 10.0 Å². The molecule has 9 heteroatoms. The minimum Gasteiger partial charge on any atom is -0.368 e. The van der Waals surface area contributed by atoms with E-state index in [0.29, 0.717) is 4.47 Å². The van der Waals surface area contributed by atoms with Gasteiger partial charge in [0.2, 0.25) is 5.91 Å². The first-order valence-electron chi connectivity index (χ1n) is 6.24. The third-order valence-electron chi connectivity index (χ3n) is 2.88. The van der Waals surface area contributed by atoms with Gasteiger partial charge < -0.3 is 5.73 Å². The van der Waals surface area contributed by atoms with Crippen LogP contribution >= 0.6 is 39.1 Å². The summed E-state index contributed by atoms with van der Waals surface area (Å²) in [5.41, 5.74) is 5.47. The highest BCUT2D eigenvalue weighted by atomic mass is 79.9. The number of sulfonamides is 1. The number of nitrogens with zero attached hydrogens (tertiary/aromatic N) is 1. The molecule has 5 nitrogen and oxygen atoms in total. The molecule has 1 amide bonds. The summed E-state index contributed by atoms with van der Waals surface area (Å²) in [6.45, 7) is -0.534. The fraction of sp³-hybridized carbons (Fsp3) is 0.0714. The number of carbonyl (C=O) groups is 1. The molecule has 122 valence electrons. The van der Waals surface area contributed by atoms with Crippen LogP contribution in [-0.2, 0) is 14.8 Å². The standard InChI is InChI=1S/C14H11BrCl2N2O3S/c15-10-3-1-2-4-12(10)19(8-14(18)20)23(21,22)13-7-9(16)5-6-11(13)17/h1-7H,8H2,(H2,18,20). The van der Waals surface area contributed by atoms with Crippen molar-refractivity contribution in [1.29, 1.82) is 0 Å². The molecule has 0 saturated heterocycles. The van der Waals surface area contributed by atoms with Gasteiger partial charge in [0.05, 0.1) is 10.7 Å². The van der Waals surface area contributed by atoms with E-state index in [2.05, 4.69) is 15.9 Å². The van der Waals surface area contributed by atoms with Crippen molar-refractivity contribution < 1.29 is 13.2 Å². The lowest BCUT2D eigenvalue weighted by atomic mass is 10.3. The molecule has 0 aliphatic carbocycles. The van der Waals surface area contributed by atoms with Crippen molar-refractivity contribution in [3.05, 3.63) is 57.0 Å². The molecule has 0 aliphatic heterocycles. The van der Waals surface area contributed by atoms with Gasteiger partial charge in [-0.1, -0.05) is 35.3 Å². The molecule has 0 heterocycles. The van der Waals surface area contributed by atoms with E-state index in [1.165, 1.54) is 18.2 Å². The molecule has 0 fully saturated rings. The van der Waals surface area contributed by atoms with E-state index in [1.807, 2.05) is 0 Å². The number of primary amides is 1. The number of halogens is 3.